The van der Waals surface area contributed by atoms with Gasteiger partial charge in [-0.3, -0.25) is 0 Å². The largest absolute Gasteiger partial charge is 0.377 e. The molecule has 1 heterocycles. The maximum absolute atomic E-state index is 5.39. The number of aromatic nitrogens is 2. The number of hydrazine groups is 1. The average molecular weight is 371 g/mol. The zero-order valence-electron chi connectivity index (χ0n) is 10.4. The Balaban J connectivity index is 2.23. The van der Waals surface area contributed by atoms with Crippen LogP contribution in [-0.4, -0.2) is 17.1 Å². The van der Waals surface area contributed by atoms with Crippen LogP contribution >= 0.6 is 22.6 Å². The number of nitrogens with two attached hydrogens (primary N) is 1. The molecule has 0 amide bonds. The Morgan fingerprint density at radius 2 is 1.89 bits per heavy atom. The lowest BCUT2D eigenvalue weighted by Gasteiger charge is -2.09. The normalized spacial score (nSPS) is 10.3. The van der Waals surface area contributed by atoms with Gasteiger partial charge in [-0.2, -0.15) is 0 Å². The number of methoxy groups -OCH3 is 1. The van der Waals surface area contributed by atoms with Gasteiger partial charge in [0.05, 0.1) is 0 Å². The van der Waals surface area contributed by atoms with Crippen molar-refractivity contribution >= 4 is 39.9 Å². The molecular weight excluding hydrogens is 357 g/mol. The number of nitrogens with zero attached hydrogens (tertiary/aromatic N) is 2. The van der Waals surface area contributed by atoms with Crippen LogP contribution in [0.3, 0.4) is 0 Å². The molecule has 1 aromatic carbocycles. The van der Waals surface area contributed by atoms with E-state index in [0.717, 1.165) is 5.69 Å². The topological polar surface area (TPSA) is 85.1 Å². The van der Waals surface area contributed by atoms with Gasteiger partial charge in [0.25, 0.3) is 0 Å². The third-order valence-corrected chi connectivity index (χ3v) is 3.03. The number of benzene rings is 1. The van der Waals surface area contributed by atoms with E-state index >= 15 is 0 Å². The Labute approximate surface area is 124 Å². The van der Waals surface area contributed by atoms with Crippen LogP contribution in [0, 0.1) is 3.57 Å². The van der Waals surface area contributed by atoms with E-state index in [1.165, 1.54) is 3.57 Å². The summed E-state index contributed by atoms with van der Waals surface area (Å²) in [6.45, 7) is 0.330. The molecule has 100 valence electrons. The van der Waals surface area contributed by atoms with E-state index in [1.54, 1.807) is 13.2 Å². The summed E-state index contributed by atoms with van der Waals surface area (Å²) >= 11 is 2.26. The highest BCUT2D eigenvalue weighted by atomic mass is 127. The maximum atomic E-state index is 5.39. The van der Waals surface area contributed by atoms with E-state index in [4.69, 9.17) is 10.6 Å². The number of nitrogens with one attached hydrogen (secondary N) is 2. The quantitative estimate of drug-likeness (QED) is 0.425. The second-order valence-corrected chi connectivity index (χ2v) is 5.01. The van der Waals surface area contributed by atoms with E-state index in [-0.39, 0.29) is 0 Å². The molecule has 19 heavy (non-hydrogen) atoms. The summed E-state index contributed by atoms with van der Waals surface area (Å²) < 4.78 is 6.20. The van der Waals surface area contributed by atoms with E-state index in [9.17, 15) is 0 Å². The smallest absolute Gasteiger partial charge is 0.158 e. The standard InChI is InChI=1S/C12H14IN5O/c1-19-7-12-16-10(6-11(17-12)18-14)15-9-4-2-8(13)3-5-9/h2-6H,7,14H2,1H3,(H2,15,16,17,18). The number of rotatable bonds is 5. The monoisotopic (exact) mass is 371 g/mol. The molecule has 0 aliphatic heterocycles. The first-order valence-corrected chi connectivity index (χ1v) is 6.65. The molecule has 0 aliphatic carbocycles. The van der Waals surface area contributed by atoms with Crippen LogP contribution in [0.2, 0.25) is 0 Å². The first-order chi connectivity index (χ1) is 9.21. The summed E-state index contributed by atoms with van der Waals surface area (Å²) in [6, 6.07) is 9.73. The van der Waals surface area contributed by atoms with E-state index < -0.39 is 0 Å². The highest BCUT2D eigenvalue weighted by Crippen LogP contribution is 2.18. The highest BCUT2D eigenvalue weighted by molar-refractivity contribution is 14.1. The zero-order valence-corrected chi connectivity index (χ0v) is 12.5. The Hall–Kier alpha value is -1.45. The Morgan fingerprint density at radius 3 is 2.53 bits per heavy atom. The summed E-state index contributed by atoms with van der Waals surface area (Å²) in [7, 11) is 1.60. The molecule has 0 unspecified atom stereocenters. The summed E-state index contributed by atoms with van der Waals surface area (Å²) in [4.78, 5) is 8.53. The Kier molecular flexibility index (Phi) is 4.88. The molecule has 0 bridgehead atoms. The second-order valence-electron chi connectivity index (χ2n) is 3.76. The van der Waals surface area contributed by atoms with Gasteiger partial charge < -0.3 is 15.5 Å². The summed E-state index contributed by atoms with van der Waals surface area (Å²) in [5, 5.41) is 3.20. The van der Waals surface area contributed by atoms with Crippen LogP contribution in [0.1, 0.15) is 5.82 Å². The molecule has 0 fully saturated rings. The molecule has 0 saturated heterocycles. The van der Waals surface area contributed by atoms with Gasteiger partial charge in [0, 0.05) is 22.4 Å². The molecule has 1 aromatic heterocycles. The first-order valence-electron chi connectivity index (χ1n) is 5.57. The number of ether oxygens (including phenoxy) is 1. The van der Waals surface area contributed by atoms with Crippen molar-refractivity contribution in [2.24, 2.45) is 5.84 Å². The lowest BCUT2D eigenvalue weighted by Crippen LogP contribution is -2.11. The Morgan fingerprint density at radius 1 is 1.21 bits per heavy atom. The number of hydrogen-bond donors (Lipinski definition) is 3. The summed E-state index contributed by atoms with van der Waals surface area (Å²) in [5.41, 5.74) is 3.46. The molecule has 0 spiro atoms. The third-order valence-electron chi connectivity index (χ3n) is 2.31. The van der Waals surface area contributed by atoms with Crippen molar-refractivity contribution in [3.63, 3.8) is 0 Å². The molecule has 6 nitrogen and oxygen atoms in total. The van der Waals surface area contributed by atoms with Crippen LogP contribution < -0.4 is 16.6 Å². The molecular formula is C12H14IN5O. The number of halogens is 1. The fourth-order valence-electron chi connectivity index (χ4n) is 1.51. The van der Waals surface area contributed by atoms with Gasteiger partial charge in [-0.25, -0.2) is 15.8 Å². The predicted molar refractivity (Wildman–Crippen MR) is 83.0 cm³/mol. The van der Waals surface area contributed by atoms with Crippen molar-refractivity contribution in [1.29, 1.82) is 0 Å². The Bertz CT molecular complexity index is 546. The summed E-state index contributed by atoms with van der Waals surface area (Å²) in [6.07, 6.45) is 0. The van der Waals surface area contributed by atoms with Crippen LogP contribution in [-0.2, 0) is 11.3 Å². The first kappa shape index (κ1) is 14.0. The van der Waals surface area contributed by atoms with Crippen molar-refractivity contribution in [3.05, 3.63) is 39.7 Å². The van der Waals surface area contributed by atoms with Gasteiger partial charge in [0.15, 0.2) is 5.82 Å². The minimum atomic E-state index is 0.330. The third kappa shape index (κ3) is 4.01. The van der Waals surface area contributed by atoms with Gasteiger partial charge >= 0.3 is 0 Å². The molecule has 4 N–H and O–H groups in total. The fourth-order valence-corrected chi connectivity index (χ4v) is 1.87. The molecule has 2 rings (SSSR count). The molecule has 0 saturated carbocycles. The van der Waals surface area contributed by atoms with Gasteiger partial charge in [0.2, 0.25) is 0 Å². The second kappa shape index (κ2) is 6.64. The molecule has 7 heteroatoms. The molecule has 0 atom stereocenters. The molecule has 0 radical (unpaired) electrons. The lowest BCUT2D eigenvalue weighted by atomic mass is 10.3. The van der Waals surface area contributed by atoms with Gasteiger partial charge in [0.1, 0.15) is 18.2 Å². The van der Waals surface area contributed by atoms with Crippen molar-refractivity contribution in [3.8, 4) is 0 Å². The van der Waals surface area contributed by atoms with Crippen molar-refractivity contribution in [2.75, 3.05) is 17.9 Å². The van der Waals surface area contributed by atoms with Crippen LogP contribution in [0.4, 0.5) is 17.3 Å². The molecule has 2 aromatic rings. The van der Waals surface area contributed by atoms with Crippen LogP contribution in [0.5, 0.6) is 0 Å². The number of anilines is 3. The highest BCUT2D eigenvalue weighted by Gasteiger charge is 2.04. The van der Waals surface area contributed by atoms with Gasteiger partial charge in [-0.05, 0) is 46.9 Å². The van der Waals surface area contributed by atoms with Crippen LogP contribution in [0.25, 0.3) is 0 Å². The number of nitrogen functional groups attached to an aromatic ring is 1. The van der Waals surface area contributed by atoms with Crippen molar-refractivity contribution in [2.45, 2.75) is 6.61 Å². The fraction of sp³-hybridized carbons (Fsp3) is 0.167. The van der Waals surface area contributed by atoms with E-state index in [0.29, 0.717) is 24.1 Å². The van der Waals surface area contributed by atoms with E-state index in [2.05, 4.69) is 43.3 Å². The molecule has 0 aliphatic rings. The minimum Gasteiger partial charge on any atom is -0.377 e. The number of hydrogen-bond acceptors (Lipinski definition) is 6. The predicted octanol–water partition coefficient (Wildman–Crippen LogP) is 2.26. The van der Waals surface area contributed by atoms with Crippen LogP contribution in [0.15, 0.2) is 30.3 Å². The SMILES string of the molecule is COCc1nc(NN)cc(Nc2ccc(I)cc2)n1. The average Bonchev–Trinajstić information content (AvgIpc) is 2.41. The minimum absolute atomic E-state index is 0.330. The van der Waals surface area contributed by atoms with E-state index in [1.807, 2.05) is 24.3 Å². The lowest BCUT2D eigenvalue weighted by molar-refractivity contribution is 0.178. The van der Waals surface area contributed by atoms with Gasteiger partial charge in [-0.1, -0.05) is 0 Å². The van der Waals surface area contributed by atoms with Gasteiger partial charge in [-0.15, -0.1) is 0 Å². The zero-order chi connectivity index (χ0) is 13.7. The van der Waals surface area contributed by atoms with Crippen molar-refractivity contribution in [1.82, 2.24) is 9.97 Å². The summed E-state index contributed by atoms with van der Waals surface area (Å²) in [5.74, 6) is 7.15. The van der Waals surface area contributed by atoms with Crippen molar-refractivity contribution < 1.29 is 4.74 Å². The maximum Gasteiger partial charge on any atom is 0.158 e.